The molecule has 0 radical (unpaired) electrons. The number of nitrogens with one attached hydrogen (secondary N) is 1. The van der Waals surface area contributed by atoms with Gasteiger partial charge in [-0.15, -0.1) is 0 Å². The van der Waals surface area contributed by atoms with Crippen LogP contribution in [-0.2, 0) is 6.54 Å². The highest BCUT2D eigenvalue weighted by atomic mass is 16.5. The average molecular weight is 277 g/mol. The van der Waals surface area contributed by atoms with Crippen molar-refractivity contribution in [1.82, 2.24) is 15.5 Å². The number of hydrogen-bond donors (Lipinski definition) is 1. The van der Waals surface area contributed by atoms with E-state index in [0.29, 0.717) is 38.0 Å². The summed E-state index contributed by atoms with van der Waals surface area (Å²) in [6.45, 7) is 6.12. The zero-order valence-corrected chi connectivity index (χ0v) is 11.8. The second-order valence-corrected chi connectivity index (χ2v) is 4.14. The molecule has 2 rings (SSSR count). The quantitative estimate of drug-likeness (QED) is 0.744. The normalized spacial score (nSPS) is 10.5. The molecule has 0 aliphatic carbocycles. The Balaban J connectivity index is 1.70. The molecule has 0 fully saturated rings. The van der Waals surface area contributed by atoms with Gasteiger partial charge >= 0.3 is 0 Å². The highest BCUT2D eigenvalue weighted by Crippen LogP contribution is 2.25. The Morgan fingerprint density at radius 3 is 2.60 bits per heavy atom. The fourth-order valence-electron chi connectivity index (χ4n) is 1.68. The molecule has 1 N–H and O–H groups in total. The molecule has 0 aliphatic rings. The van der Waals surface area contributed by atoms with Gasteiger partial charge in [-0.25, -0.2) is 0 Å². The lowest BCUT2D eigenvalue weighted by molar-refractivity contribution is 0.273. The number of aromatic nitrogens is 2. The molecule has 108 valence electrons. The number of aryl methyl sites for hydroxylation is 1. The van der Waals surface area contributed by atoms with Crippen LogP contribution in [-0.4, -0.2) is 29.9 Å². The highest BCUT2D eigenvalue weighted by Gasteiger charge is 2.04. The van der Waals surface area contributed by atoms with Crippen molar-refractivity contribution in [2.75, 3.05) is 19.8 Å². The van der Waals surface area contributed by atoms with Crippen LogP contribution in [0.15, 0.2) is 28.8 Å². The first-order valence-electron chi connectivity index (χ1n) is 6.64. The van der Waals surface area contributed by atoms with Gasteiger partial charge in [-0.3, -0.25) is 0 Å². The maximum Gasteiger partial charge on any atom is 0.240 e. The van der Waals surface area contributed by atoms with Crippen LogP contribution in [0.25, 0.3) is 0 Å². The Kier molecular flexibility index (Phi) is 5.37. The summed E-state index contributed by atoms with van der Waals surface area (Å²) >= 11 is 0. The fraction of sp³-hybridized carbons (Fsp3) is 0.429. The Bertz CT molecular complexity index is 528. The van der Waals surface area contributed by atoms with Crippen LogP contribution in [0.1, 0.15) is 18.6 Å². The molecule has 0 unspecified atom stereocenters. The number of nitrogens with zero attached hydrogens (tertiary/aromatic N) is 2. The Labute approximate surface area is 118 Å². The Hall–Kier alpha value is -2.08. The van der Waals surface area contributed by atoms with Crippen molar-refractivity contribution < 1.29 is 14.0 Å². The van der Waals surface area contributed by atoms with Crippen LogP contribution in [0.2, 0.25) is 0 Å². The van der Waals surface area contributed by atoms with Crippen molar-refractivity contribution in [3.05, 3.63) is 36.0 Å². The number of ether oxygens (including phenoxy) is 2. The van der Waals surface area contributed by atoms with Crippen molar-refractivity contribution >= 4 is 0 Å². The lowest BCUT2D eigenvalue weighted by Gasteiger charge is -2.11. The van der Waals surface area contributed by atoms with Gasteiger partial charge in [0.15, 0.2) is 17.3 Å². The van der Waals surface area contributed by atoms with Gasteiger partial charge in [-0.2, -0.15) is 4.98 Å². The molecule has 6 heteroatoms. The summed E-state index contributed by atoms with van der Waals surface area (Å²) in [4.78, 5) is 4.10. The Morgan fingerprint density at radius 1 is 1.20 bits per heavy atom. The van der Waals surface area contributed by atoms with E-state index in [1.165, 1.54) is 0 Å². The molecule has 0 saturated heterocycles. The number of rotatable bonds is 8. The SMILES string of the molecule is CCOc1ccccc1OCCNCc1nc(C)no1. The smallest absolute Gasteiger partial charge is 0.240 e. The van der Waals surface area contributed by atoms with Gasteiger partial charge in [0.05, 0.1) is 13.2 Å². The molecule has 0 aliphatic heterocycles. The van der Waals surface area contributed by atoms with Crippen LogP contribution in [0, 0.1) is 6.92 Å². The maximum absolute atomic E-state index is 5.68. The Morgan fingerprint density at radius 2 is 1.95 bits per heavy atom. The topological polar surface area (TPSA) is 69.4 Å². The summed E-state index contributed by atoms with van der Waals surface area (Å²) in [5.41, 5.74) is 0. The van der Waals surface area contributed by atoms with Crippen LogP contribution in [0.5, 0.6) is 11.5 Å². The zero-order chi connectivity index (χ0) is 14.2. The summed E-state index contributed by atoms with van der Waals surface area (Å²) in [6.07, 6.45) is 0. The predicted molar refractivity (Wildman–Crippen MR) is 73.8 cm³/mol. The van der Waals surface area contributed by atoms with Gasteiger partial charge in [0.1, 0.15) is 6.61 Å². The van der Waals surface area contributed by atoms with Crippen LogP contribution >= 0.6 is 0 Å². The minimum absolute atomic E-state index is 0.539. The monoisotopic (exact) mass is 277 g/mol. The zero-order valence-electron chi connectivity index (χ0n) is 11.8. The summed E-state index contributed by atoms with van der Waals surface area (Å²) in [5.74, 6) is 2.74. The second-order valence-electron chi connectivity index (χ2n) is 4.14. The average Bonchev–Trinajstić information content (AvgIpc) is 2.86. The third-order valence-corrected chi connectivity index (χ3v) is 2.53. The minimum atomic E-state index is 0.539. The van der Waals surface area contributed by atoms with Crippen LogP contribution in [0.3, 0.4) is 0 Å². The first kappa shape index (κ1) is 14.3. The third-order valence-electron chi connectivity index (χ3n) is 2.53. The van der Waals surface area contributed by atoms with Gasteiger partial charge < -0.3 is 19.3 Å². The number of hydrogen-bond acceptors (Lipinski definition) is 6. The van der Waals surface area contributed by atoms with E-state index in [-0.39, 0.29) is 0 Å². The maximum atomic E-state index is 5.68. The molecule has 1 heterocycles. The van der Waals surface area contributed by atoms with E-state index in [2.05, 4.69) is 15.5 Å². The van der Waals surface area contributed by atoms with Crippen molar-refractivity contribution in [2.45, 2.75) is 20.4 Å². The summed E-state index contributed by atoms with van der Waals surface area (Å²) < 4.78 is 16.2. The molecule has 0 atom stereocenters. The van der Waals surface area contributed by atoms with Crippen LogP contribution < -0.4 is 14.8 Å². The standard InChI is InChI=1S/C14H19N3O3/c1-3-18-12-6-4-5-7-13(12)19-9-8-15-10-14-16-11(2)17-20-14/h4-7,15H,3,8-10H2,1-2H3. The summed E-state index contributed by atoms with van der Waals surface area (Å²) in [6, 6.07) is 7.64. The van der Waals surface area contributed by atoms with E-state index in [1.54, 1.807) is 6.92 Å². The minimum Gasteiger partial charge on any atom is -0.490 e. The molecule has 20 heavy (non-hydrogen) atoms. The van der Waals surface area contributed by atoms with Gasteiger partial charge in [0, 0.05) is 6.54 Å². The molecule has 0 saturated carbocycles. The lowest BCUT2D eigenvalue weighted by Crippen LogP contribution is -2.20. The van der Waals surface area contributed by atoms with Crippen molar-refractivity contribution in [3.63, 3.8) is 0 Å². The first-order valence-corrected chi connectivity index (χ1v) is 6.64. The van der Waals surface area contributed by atoms with Crippen molar-refractivity contribution in [3.8, 4) is 11.5 Å². The molecule has 2 aromatic rings. The highest BCUT2D eigenvalue weighted by molar-refractivity contribution is 5.39. The van der Waals surface area contributed by atoms with E-state index in [4.69, 9.17) is 14.0 Å². The van der Waals surface area contributed by atoms with Gasteiger partial charge in [0.25, 0.3) is 0 Å². The van der Waals surface area contributed by atoms with E-state index >= 15 is 0 Å². The van der Waals surface area contributed by atoms with E-state index < -0.39 is 0 Å². The summed E-state index contributed by atoms with van der Waals surface area (Å²) in [7, 11) is 0. The number of benzene rings is 1. The molecule has 1 aromatic carbocycles. The van der Waals surface area contributed by atoms with Crippen LogP contribution in [0.4, 0.5) is 0 Å². The molecule has 0 amide bonds. The molecule has 0 bridgehead atoms. The number of para-hydroxylation sites is 2. The van der Waals surface area contributed by atoms with E-state index in [0.717, 1.165) is 11.5 Å². The molecular formula is C14H19N3O3. The second kappa shape index (κ2) is 7.49. The largest absolute Gasteiger partial charge is 0.490 e. The van der Waals surface area contributed by atoms with E-state index in [1.807, 2.05) is 31.2 Å². The fourth-order valence-corrected chi connectivity index (χ4v) is 1.68. The molecular weight excluding hydrogens is 258 g/mol. The van der Waals surface area contributed by atoms with Gasteiger partial charge in [0.2, 0.25) is 5.89 Å². The van der Waals surface area contributed by atoms with Gasteiger partial charge in [-0.05, 0) is 26.0 Å². The van der Waals surface area contributed by atoms with Crippen molar-refractivity contribution in [2.24, 2.45) is 0 Å². The predicted octanol–water partition coefficient (Wildman–Crippen LogP) is 1.95. The molecule has 6 nitrogen and oxygen atoms in total. The summed E-state index contributed by atoms with van der Waals surface area (Å²) in [5, 5.41) is 6.90. The molecule has 0 spiro atoms. The molecule has 1 aromatic heterocycles. The van der Waals surface area contributed by atoms with Gasteiger partial charge in [-0.1, -0.05) is 17.3 Å². The lowest BCUT2D eigenvalue weighted by atomic mass is 10.3. The van der Waals surface area contributed by atoms with E-state index in [9.17, 15) is 0 Å². The van der Waals surface area contributed by atoms with Crippen molar-refractivity contribution in [1.29, 1.82) is 0 Å². The third kappa shape index (κ3) is 4.24. The first-order chi connectivity index (χ1) is 9.79.